The molecule has 0 fully saturated rings. The van der Waals surface area contributed by atoms with Gasteiger partial charge in [-0.1, -0.05) is 6.07 Å². The summed E-state index contributed by atoms with van der Waals surface area (Å²) in [6.07, 6.45) is 11.0. The van der Waals surface area contributed by atoms with Crippen molar-refractivity contribution in [2.45, 2.75) is 19.3 Å². The van der Waals surface area contributed by atoms with Crippen molar-refractivity contribution in [3.05, 3.63) is 71.2 Å². The molecule has 1 amide bonds. The third-order valence-corrected chi connectivity index (χ3v) is 4.44. The van der Waals surface area contributed by atoms with Crippen molar-refractivity contribution in [2.24, 2.45) is 5.73 Å². The van der Waals surface area contributed by atoms with E-state index in [-0.39, 0.29) is 11.7 Å². The minimum absolute atomic E-state index is 0.121. The van der Waals surface area contributed by atoms with E-state index in [1.165, 1.54) is 12.3 Å². The molecular formula is C21H20N4O2. The molecule has 0 spiro atoms. The molecule has 4 N–H and O–H groups in total. The highest BCUT2D eigenvalue weighted by atomic mass is 16.1. The first-order chi connectivity index (χ1) is 13.1. The van der Waals surface area contributed by atoms with Gasteiger partial charge in [0.15, 0.2) is 5.78 Å². The van der Waals surface area contributed by atoms with Crippen LogP contribution in [0.2, 0.25) is 0 Å². The van der Waals surface area contributed by atoms with E-state index in [0.29, 0.717) is 34.4 Å². The summed E-state index contributed by atoms with van der Waals surface area (Å²) in [5, 5.41) is 10.2. The molecule has 1 aliphatic carbocycles. The first kappa shape index (κ1) is 18.3. The minimum Gasteiger partial charge on any atom is -0.404 e. The molecule has 0 atom stereocenters. The van der Waals surface area contributed by atoms with Crippen molar-refractivity contribution >= 4 is 35.2 Å². The fraction of sp³-hybridized carbons (Fsp3) is 0.143. The van der Waals surface area contributed by atoms with Crippen molar-refractivity contribution in [2.75, 3.05) is 5.32 Å². The van der Waals surface area contributed by atoms with Gasteiger partial charge in [-0.05, 0) is 48.2 Å². The monoisotopic (exact) mass is 360 g/mol. The lowest BCUT2D eigenvalue weighted by molar-refractivity contribution is -0.111. The molecule has 136 valence electrons. The first-order valence-corrected chi connectivity index (χ1v) is 8.64. The van der Waals surface area contributed by atoms with Crippen LogP contribution in [0.15, 0.2) is 48.9 Å². The van der Waals surface area contributed by atoms with E-state index in [2.05, 4.69) is 10.3 Å². The highest BCUT2D eigenvalue weighted by Crippen LogP contribution is 2.24. The number of rotatable bonds is 5. The molecule has 0 radical (unpaired) electrons. The van der Waals surface area contributed by atoms with Gasteiger partial charge in [-0.2, -0.15) is 0 Å². The lowest BCUT2D eigenvalue weighted by Gasteiger charge is -2.15. The van der Waals surface area contributed by atoms with Crippen molar-refractivity contribution < 1.29 is 9.59 Å². The summed E-state index contributed by atoms with van der Waals surface area (Å²) >= 11 is 0. The summed E-state index contributed by atoms with van der Waals surface area (Å²) < 4.78 is 0. The van der Waals surface area contributed by atoms with Crippen LogP contribution in [0.4, 0.5) is 5.69 Å². The van der Waals surface area contributed by atoms with Crippen LogP contribution >= 0.6 is 0 Å². The number of fused-ring (bicyclic) bond motifs is 1. The lowest BCUT2D eigenvalue weighted by Crippen LogP contribution is -2.13. The number of ketones is 1. The Bertz CT molecular complexity index is 960. The lowest BCUT2D eigenvalue weighted by atomic mass is 9.90. The van der Waals surface area contributed by atoms with Gasteiger partial charge in [0.05, 0.1) is 0 Å². The van der Waals surface area contributed by atoms with Crippen LogP contribution < -0.4 is 11.1 Å². The molecule has 0 bridgehead atoms. The number of nitrogens with zero attached hydrogens (tertiary/aromatic N) is 1. The van der Waals surface area contributed by atoms with E-state index in [1.54, 1.807) is 30.6 Å². The molecule has 27 heavy (non-hydrogen) atoms. The number of pyridine rings is 1. The zero-order valence-corrected chi connectivity index (χ0v) is 14.7. The molecule has 1 heterocycles. The fourth-order valence-electron chi connectivity index (χ4n) is 3.07. The first-order valence-electron chi connectivity index (χ1n) is 8.64. The number of carbonyl (C=O) groups excluding carboxylic acids is 2. The van der Waals surface area contributed by atoms with Crippen LogP contribution in [0.1, 0.15) is 39.9 Å². The topological polar surface area (TPSA) is 109 Å². The van der Waals surface area contributed by atoms with Crippen LogP contribution in [0.3, 0.4) is 0 Å². The summed E-state index contributed by atoms with van der Waals surface area (Å²) in [6, 6.07) is 7.18. The number of benzene rings is 1. The number of anilines is 1. The fourth-order valence-corrected chi connectivity index (χ4v) is 3.07. The quantitative estimate of drug-likeness (QED) is 0.562. The SMILES string of the molecule is N=CC(=CN)c1ccncc1/C=C/C(=O)Nc1ccc2c(c1)C(=O)CCC2. The largest absolute Gasteiger partial charge is 0.404 e. The molecule has 3 rings (SSSR count). The summed E-state index contributed by atoms with van der Waals surface area (Å²) in [5.41, 5.74) is 9.79. The second kappa shape index (κ2) is 8.23. The minimum atomic E-state index is -0.318. The van der Waals surface area contributed by atoms with Crippen LogP contribution in [0.25, 0.3) is 11.6 Å². The standard InChI is InChI=1S/C21H20N4O2/c22-11-16(12-23)18-8-9-24-13-15(18)5-7-21(27)25-17-6-4-14-2-1-3-20(26)19(14)10-17/h4-13,22H,1-3,23H2,(H,25,27)/b7-5+,16-12?,22-11?. The van der Waals surface area contributed by atoms with Gasteiger partial charge in [-0.25, -0.2) is 0 Å². The predicted octanol–water partition coefficient (Wildman–Crippen LogP) is 3.20. The number of aromatic nitrogens is 1. The number of carbonyl (C=O) groups is 2. The normalized spacial score (nSPS) is 14.1. The van der Waals surface area contributed by atoms with Crippen LogP contribution in [-0.2, 0) is 11.2 Å². The number of nitrogens with one attached hydrogen (secondary N) is 2. The molecular weight excluding hydrogens is 340 g/mol. The molecule has 6 nitrogen and oxygen atoms in total. The molecule has 1 aromatic heterocycles. The van der Waals surface area contributed by atoms with E-state index in [0.717, 1.165) is 24.6 Å². The molecule has 1 aliphatic rings. The Morgan fingerprint density at radius 3 is 2.89 bits per heavy atom. The zero-order chi connectivity index (χ0) is 19.2. The molecule has 2 aromatic rings. The van der Waals surface area contributed by atoms with Gasteiger partial charge in [0.2, 0.25) is 5.91 Å². The average molecular weight is 360 g/mol. The highest BCUT2D eigenvalue weighted by Gasteiger charge is 2.17. The van der Waals surface area contributed by atoms with E-state index >= 15 is 0 Å². The maximum Gasteiger partial charge on any atom is 0.248 e. The number of Topliss-reactive ketones (excluding diaryl/α,β-unsaturated/α-hetero) is 1. The van der Waals surface area contributed by atoms with Crippen LogP contribution in [0, 0.1) is 5.41 Å². The number of amides is 1. The predicted molar refractivity (Wildman–Crippen MR) is 107 cm³/mol. The molecule has 6 heteroatoms. The number of hydrogen-bond acceptors (Lipinski definition) is 5. The third kappa shape index (κ3) is 4.17. The van der Waals surface area contributed by atoms with Gasteiger partial charge >= 0.3 is 0 Å². The second-order valence-corrected chi connectivity index (χ2v) is 6.20. The maximum atomic E-state index is 12.3. The van der Waals surface area contributed by atoms with Crippen molar-refractivity contribution in [3.8, 4) is 0 Å². The van der Waals surface area contributed by atoms with E-state index in [1.807, 2.05) is 12.1 Å². The Morgan fingerprint density at radius 1 is 1.26 bits per heavy atom. The van der Waals surface area contributed by atoms with Crippen molar-refractivity contribution in [1.29, 1.82) is 5.41 Å². The Morgan fingerprint density at radius 2 is 2.11 bits per heavy atom. The van der Waals surface area contributed by atoms with Gasteiger partial charge < -0.3 is 16.5 Å². The summed E-state index contributed by atoms with van der Waals surface area (Å²) in [6.45, 7) is 0. The Hall–Kier alpha value is -3.54. The highest BCUT2D eigenvalue weighted by molar-refractivity contribution is 6.10. The Kier molecular flexibility index (Phi) is 5.56. The van der Waals surface area contributed by atoms with Crippen LogP contribution in [0.5, 0.6) is 0 Å². The van der Waals surface area contributed by atoms with Gasteiger partial charge in [0.25, 0.3) is 0 Å². The summed E-state index contributed by atoms with van der Waals surface area (Å²) in [7, 11) is 0. The summed E-state index contributed by atoms with van der Waals surface area (Å²) in [4.78, 5) is 28.3. The summed E-state index contributed by atoms with van der Waals surface area (Å²) in [5.74, 6) is -0.197. The number of allylic oxidation sites excluding steroid dienone is 1. The van der Waals surface area contributed by atoms with E-state index < -0.39 is 0 Å². The Balaban J connectivity index is 1.76. The van der Waals surface area contributed by atoms with Gasteiger partial charge in [0.1, 0.15) is 0 Å². The van der Waals surface area contributed by atoms with Crippen LogP contribution in [-0.4, -0.2) is 22.9 Å². The van der Waals surface area contributed by atoms with Crippen molar-refractivity contribution in [1.82, 2.24) is 4.98 Å². The number of nitrogens with two attached hydrogens (primary N) is 1. The molecule has 1 aromatic carbocycles. The van der Waals surface area contributed by atoms with Gasteiger partial charge in [-0.3, -0.25) is 14.6 Å². The van der Waals surface area contributed by atoms with E-state index in [4.69, 9.17) is 11.1 Å². The van der Waals surface area contributed by atoms with Gasteiger partial charge in [0, 0.05) is 59.7 Å². The second-order valence-electron chi connectivity index (χ2n) is 6.20. The number of aryl methyl sites for hydroxylation is 1. The van der Waals surface area contributed by atoms with Crippen molar-refractivity contribution in [3.63, 3.8) is 0 Å². The third-order valence-electron chi connectivity index (χ3n) is 4.44. The Labute approximate surface area is 157 Å². The molecule has 0 aliphatic heterocycles. The molecule has 0 unspecified atom stereocenters. The maximum absolute atomic E-state index is 12.3. The zero-order valence-electron chi connectivity index (χ0n) is 14.7. The van der Waals surface area contributed by atoms with E-state index in [9.17, 15) is 9.59 Å². The molecule has 0 saturated heterocycles. The smallest absolute Gasteiger partial charge is 0.248 e. The molecule has 0 saturated carbocycles. The average Bonchev–Trinajstić information content (AvgIpc) is 2.69. The van der Waals surface area contributed by atoms with Gasteiger partial charge in [-0.15, -0.1) is 0 Å². The number of hydrogen-bond donors (Lipinski definition) is 3.